The van der Waals surface area contributed by atoms with Gasteiger partial charge in [-0.15, -0.1) is 0 Å². The molecule has 0 spiro atoms. The Morgan fingerprint density at radius 3 is 1.63 bits per heavy atom. The normalized spacial score (nSPS) is 12.7. The molecule has 0 amide bonds. The first-order valence-corrected chi connectivity index (χ1v) is 10.6. The second kappa shape index (κ2) is 9.76. The molecule has 30 heavy (non-hydrogen) atoms. The molecule has 3 aromatic carbocycles. The van der Waals surface area contributed by atoms with Crippen LogP contribution in [0.2, 0.25) is 0 Å². The Morgan fingerprint density at radius 2 is 1.17 bits per heavy atom. The first-order chi connectivity index (χ1) is 14.4. The molecule has 1 atom stereocenters. The third kappa shape index (κ3) is 5.60. The topological polar surface area (TPSA) is 24.7 Å². The number of benzene rings is 3. The van der Waals surface area contributed by atoms with Gasteiger partial charge in [0.15, 0.2) is 0 Å². The van der Waals surface area contributed by atoms with E-state index < -0.39 is 5.60 Å². The van der Waals surface area contributed by atoms with Gasteiger partial charge in [0.25, 0.3) is 0 Å². The molecule has 2 N–H and O–H groups in total. The van der Waals surface area contributed by atoms with E-state index in [0.717, 1.165) is 24.2 Å². The molecule has 1 unspecified atom stereocenters. The summed E-state index contributed by atoms with van der Waals surface area (Å²) in [5.41, 5.74) is 2.02. The van der Waals surface area contributed by atoms with Crippen LogP contribution < -0.4 is 4.90 Å². The van der Waals surface area contributed by atoms with Crippen molar-refractivity contribution in [2.75, 3.05) is 6.54 Å². The molecule has 3 aromatic rings. The van der Waals surface area contributed by atoms with Crippen molar-refractivity contribution >= 4 is 0 Å². The average molecular weight is 399 g/mol. The van der Waals surface area contributed by atoms with Gasteiger partial charge in [0.1, 0.15) is 18.7 Å². The largest absolute Gasteiger partial charge is 0.379 e. The van der Waals surface area contributed by atoms with Gasteiger partial charge < -0.3 is 10.0 Å². The molecule has 0 heterocycles. The fourth-order valence-corrected chi connectivity index (χ4v) is 3.59. The van der Waals surface area contributed by atoms with E-state index >= 15 is 0 Å². The fraction of sp³-hybridized carbons (Fsp3) is 0.286. The maximum absolute atomic E-state index is 11.6. The molecule has 0 aliphatic rings. The summed E-state index contributed by atoms with van der Waals surface area (Å²) in [7, 11) is 0. The van der Waals surface area contributed by atoms with Crippen LogP contribution in [0.3, 0.4) is 0 Å². The highest BCUT2D eigenvalue weighted by Gasteiger charge is 2.30. The van der Waals surface area contributed by atoms with Crippen molar-refractivity contribution in [3.8, 4) is 11.8 Å². The summed E-state index contributed by atoms with van der Waals surface area (Å²) in [5.74, 6) is 6.65. The Hall–Kier alpha value is -2.86. The second-order valence-corrected chi connectivity index (χ2v) is 8.82. The van der Waals surface area contributed by atoms with Crippen LogP contribution in [0.15, 0.2) is 91.0 Å². The summed E-state index contributed by atoms with van der Waals surface area (Å²) in [4.78, 5) is 1.41. The van der Waals surface area contributed by atoms with E-state index in [1.54, 1.807) is 0 Å². The van der Waals surface area contributed by atoms with Crippen molar-refractivity contribution in [2.24, 2.45) is 0 Å². The summed E-state index contributed by atoms with van der Waals surface area (Å²) >= 11 is 0. The Labute approximate surface area is 181 Å². The minimum Gasteiger partial charge on any atom is -0.379 e. The first-order valence-electron chi connectivity index (χ1n) is 10.6. The number of aliphatic hydroxyl groups is 1. The van der Waals surface area contributed by atoms with Gasteiger partial charge in [-0.3, -0.25) is 0 Å². The minimum absolute atomic E-state index is 0.0830. The lowest BCUT2D eigenvalue weighted by molar-refractivity contribution is -0.953. The number of nitrogens with one attached hydrogen (secondary N) is 1. The Balaban J connectivity index is 1.79. The summed E-state index contributed by atoms with van der Waals surface area (Å²) in [6.45, 7) is 8.41. The second-order valence-electron chi connectivity index (χ2n) is 8.82. The maximum Gasteiger partial charge on any atom is 0.140 e. The van der Waals surface area contributed by atoms with Crippen LogP contribution in [0, 0.1) is 11.8 Å². The average Bonchev–Trinajstić information content (AvgIpc) is 2.77. The van der Waals surface area contributed by atoms with Crippen LogP contribution in [0.25, 0.3) is 0 Å². The molecular formula is C28H32NO+. The minimum atomic E-state index is -1.11. The molecule has 0 saturated heterocycles. The zero-order valence-corrected chi connectivity index (χ0v) is 18.2. The third-order valence-electron chi connectivity index (χ3n) is 5.59. The lowest BCUT2D eigenvalue weighted by Crippen LogP contribution is -3.17. The van der Waals surface area contributed by atoms with Gasteiger partial charge in [0, 0.05) is 12.0 Å². The van der Waals surface area contributed by atoms with E-state index in [-0.39, 0.29) is 5.54 Å². The Morgan fingerprint density at radius 1 is 0.700 bits per heavy atom. The van der Waals surface area contributed by atoms with Crippen molar-refractivity contribution in [1.82, 2.24) is 0 Å². The molecule has 0 aliphatic carbocycles. The van der Waals surface area contributed by atoms with Crippen LogP contribution in [0.4, 0.5) is 0 Å². The highest BCUT2D eigenvalue weighted by molar-refractivity contribution is 5.37. The monoisotopic (exact) mass is 398 g/mol. The quantitative estimate of drug-likeness (QED) is 0.598. The highest BCUT2D eigenvalue weighted by Crippen LogP contribution is 2.32. The van der Waals surface area contributed by atoms with Gasteiger partial charge in [-0.05, 0) is 37.8 Å². The molecule has 0 aliphatic heterocycles. The van der Waals surface area contributed by atoms with Crippen molar-refractivity contribution in [3.05, 3.63) is 108 Å². The van der Waals surface area contributed by atoms with Crippen LogP contribution >= 0.6 is 0 Å². The predicted octanol–water partition coefficient (Wildman–Crippen LogP) is 4.20. The first kappa shape index (κ1) is 21.8. The van der Waals surface area contributed by atoms with Crippen molar-refractivity contribution in [3.63, 3.8) is 0 Å². The van der Waals surface area contributed by atoms with E-state index in [2.05, 4.69) is 56.9 Å². The molecule has 0 bridgehead atoms. The smallest absolute Gasteiger partial charge is 0.140 e. The standard InChI is InChI=1S/C28H31NO/c1-27(2,3)29(23-24-15-7-4-8-16-24)22-14-13-21-28(30,25-17-9-5-10-18-25)26-19-11-6-12-20-26/h4-12,15-20,30H,21-23H2,1-3H3/p+1. The summed E-state index contributed by atoms with van der Waals surface area (Å²) in [6.07, 6.45) is 0.365. The highest BCUT2D eigenvalue weighted by atomic mass is 16.3. The van der Waals surface area contributed by atoms with Crippen LogP contribution in [0.1, 0.15) is 43.9 Å². The SMILES string of the molecule is CC(C)(C)[NH+](CC#CCC(O)(c1ccccc1)c1ccccc1)Cc1ccccc1. The van der Waals surface area contributed by atoms with Crippen molar-refractivity contribution < 1.29 is 10.0 Å². The molecular weight excluding hydrogens is 366 g/mol. The van der Waals surface area contributed by atoms with Crippen LogP contribution in [-0.4, -0.2) is 17.2 Å². The summed E-state index contributed by atoms with van der Waals surface area (Å²) < 4.78 is 0. The molecule has 0 fully saturated rings. The van der Waals surface area contributed by atoms with Crippen LogP contribution in [0.5, 0.6) is 0 Å². The van der Waals surface area contributed by atoms with Gasteiger partial charge >= 0.3 is 0 Å². The number of hydrogen-bond donors (Lipinski definition) is 2. The molecule has 2 heteroatoms. The van der Waals surface area contributed by atoms with Gasteiger partial charge in [0.2, 0.25) is 0 Å². The fourth-order valence-electron chi connectivity index (χ4n) is 3.59. The molecule has 0 radical (unpaired) electrons. The summed E-state index contributed by atoms with van der Waals surface area (Å²) in [6, 6.07) is 30.2. The molecule has 154 valence electrons. The molecule has 3 rings (SSSR count). The summed E-state index contributed by atoms with van der Waals surface area (Å²) in [5, 5.41) is 11.6. The van der Waals surface area contributed by atoms with Gasteiger partial charge in [-0.25, -0.2) is 0 Å². The van der Waals surface area contributed by atoms with Gasteiger partial charge in [-0.1, -0.05) is 96.9 Å². The Kier molecular flexibility index (Phi) is 7.11. The Bertz CT molecular complexity index is 924. The van der Waals surface area contributed by atoms with Gasteiger partial charge in [-0.2, -0.15) is 0 Å². The maximum atomic E-state index is 11.6. The zero-order valence-electron chi connectivity index (χ0n) is 18.2. The van der Waals surface area contributed by atoms with E-state index in [1.807, 2.05) is 66.7 Å². The van der Waals surface area contributed by atoms with Gasteiger partial charge in [0.05, 0.1) is 5.54 Å². The lowest BCUT2D eigenvalue weighted by Gasteiger charge is -2.31. The van der Waals surface area contributed by atoms with Crippen LogP contribution in [-0.2, 0) is 12.1 Å². The molecule has 2 nitrogen and oxygen atoms in total. The third-order valence-corrected chi connectivity index (χ3v) is 5.59. The van der Waals surface area contributed by atoms with Crippen molar-refractivity contribution in [1.29, 1.82) is 0 Å². The number of quaternary nitrogens is 1. The molecule has 0 aromatic heterocycles. The molecule has 0 saturated carbocycles. The lowest BCUT2D eigenvalue weighted by atomic mass is 9.84. The predicted molar refractivity (Wildman–Crippen MR) is 124 cm³/mol. The van der Waals surface area contributed by atoms with Crippen molar-refractivity contribution in [2.45, 2.75) is 44.9 Å². The van der Waals surface area contributed by atoms with E-state index in [1.165, 1.54) is 10.5 Å². The zero-order chi connectivity index (χ0) is 21.5. The van der Waals surface area contributed by atoms with E-state index in [0.29, 0.717) is 6.42 Å². The number of hydrogen-bond acceptors (Lipinski definition) is 1. The number of rotatable bonds is 6. The van der Waals surface area contributed by atoms with E-state index in [4.69, 9.17) is 0 Å². The van der Waals surface area contributed by atoms with E-state index in [9.17, 15) is 5.11 Å².